The molecule has 0 fully saturated rings. The molecule has 2 heterocycles. The van der Waals surface area contributed by atoms with Crippen molar-refractivity contribution in [2.45, 2.75) is 12.3 Å². The Bertz CT molecular complexity index is 681. The molecule has 0 saturated heterocycles. The maximum atomic E-state index is 14.2. The first kappa shape index (κ1) is 12.7. The summed E-state index contributed by atoms with van der Waals surface area (Å²) < 4.78 is 20.8. The third kappa shape index (κ3) is 2.03. The number of nitrogens with zero attached hydrogens (tertiary/aromatic N) is 2. The average Bonchev–Trinajstić information content (AvgIpc) is 2.78. The predicted molar refractivity (Wildman–Crippen MR) is 71.2 cm³/mol. The minimum atomic E-state index is -0.376. The molecule has 1 N–H and O–H groups in total. The Balaban J connectivity index is 2.08. The lowest BCUT2D eigenvalue weighted by Crippen LogP contribution is -2.23. The van der Waals surface area contributed by atoms with Crippen molar-refractivity contribution < 1.29 is 13.9 Å². The fourth-order valence-corrected chi connectivity index (χ4v) is 2.53. The Kier molecular flexibility index (Phi) is 2.93. The number of ether oxygens (including phenoxy) is 1. The second-order valence-electron chi connectivity index (χ2n) is 4.80. The third-order valence-electron chi connectivity index (χ3n) is 3.46. The minimum Gasteiger partial charge on any atom is -0.497 e. The number of aryl methyl sites for hydroxylation is 1. The summed E-state index contributed by atoms with van der Waals surface area (Å²) in [7, 11) is 3.26. The van der Waals surface area contributed by atoms with E-state index in [0.717, 1.165) is 5.56 Å². The Morgan fingerprint density at radius 1 is 1.45 bits per heavy atom. The quantitative estimate of drug-likeness (QED) is 0.912. The minimum absolute atomic E-state index is 0.156. The molecular formula is C14H14FN3O2. The van der Waals surface area contributed by atoms with Gasteiger partial charge in [0.1, 0.15) is 11.6 Å². The molecule has 6 heteroatoms. The van der Waals surface area contributed by atoms with Crippen LogP contribution in [0.25, 0.3) is 0 Å². The number of hydrogen-bond donors (Lipinski definition) is 1. The number of hydrogen-bond acceptors (Lipinski definition) is 3. The van der Waals surface area contributed by atoms with Crippen molar-refractivity contribution in [1.29, 1.82) is 0 Å². The Labute approximate surface area is 115 Å². The van der Waals surface area contributed by atoms with E-state index in [2.05, 4.69) is 10.4 Å². The Morgan fingerprint density at radius 3 is 2.95 bits per heavy atom. The lowest BCUT2D eigenvalue weighted by Gasteiger charge is -2.22. The summed E-state index contributed by atoms with van der Waals surface area (Å²) in [4.78, 5) is 11.7. The molecule has 0 aliphatic carbocycles. The number of carbonyl (C=O) groups excluding carboxylic acids is 1. The van der Waals surface area contributed by atoms with Crippen LogP contribution in [0.15, 0.2) is 24.4 Å². The number of aromatic nitrogens is 2. The molecule has 0 bridgehead atoms. The SMILES string of the molecule is COc1ccc(C2CC(=O)Nc3nn(C)cc32)c(F)c1. The van der Waals surface area contributed by atoms with Crippen molar-refractivity contribution in [3.63, 3.8) is 0 Å². The van der Waals surface area contributed by atoms with Crippen LogP contribution >= 0.6 is 0 Å². The summed E-state index contributed by atoms with van der Waals surface area (Å²) >= 11 is 0. The number of fused-ring (bicyclic) bond motifs is 1. The first-order valence-electron chi connectivity index (χ1n) is 6.25. The Morgan fingerprint density at radius 2 is 2.25 bits per heavy atom. The van der Waals surface area contributed by atoms with Crippen LogP contribution in [0.3, 0.4) is 0 Å². The lowest BCUT2D eigenvalue weighted by atomic mass is 9.87. The van der Waals surface area contributed by atoms with Gasteiger partial charge in [0.2, 0.25) is 5.91 Å². The molecule has 2 aromatic rings. The standard InChI is InChI=1S/C14H14FN3O2/c1-18-7-11-10(6-13(19)16-14(11)17-18)9-4-3-8(20-2)5-12(9)15/h3-5,7,10H,6H2,1-2H3,(H,16,17,19). The van der Waals surface area contributed by atoms with Gasteiger partial charge in [0.05, 0.1) is 7.11 Å². The normalized spacial score (nSPS) is 17.6. The highest BCUT2D eigenvalue weighted by atomic mass is 19.1. The van der Waals surface area contributed by atoms with E-state index >= 15 is 0 Å². The zero-order valence-corrected chi connectivity index (χ0v) is 11.2. The molecule has 1 aliphatic heterocycles. The van der Waals surface area contributed by atoms with Crippen LogP contribution in [-0.4, -0.2) is 22.8 Å². The summed E-state index contributed by atoms with van der Waals surface area (Å²) in [6.07, 6.45) is 2.02. The van der Waals surface area contributed by atoms with Crippen LogP contribution in [0.1, 0.15) is 23.5 Å². The molecule has 1 atom stereocenters. The van der Waals surface area contributed by atoms with E-state index in [9.17, 15) is 9.18 Å². The monoisotopic (exact) mass is 275 g/mol. The summed E-state index contributed by atoms with van der Waals surface area (Å²) in [6.45, 7) is 0. The number of methoxy groups -OCH3 is 1. The van der Waals surface area contributed by atoms with Gasteiger partial charge in [-0.25, -0.2) is 4.39 Å². The number of amides is 1. The van der Waals surface area contributed by atoms with Gasteiger partial charge in [-0.1, -0.05) is 6.07 Å². The number of halogens is 1. The van der Waals surface area contributed by atoms with Crippen molar-refractivity contribution in [3.05, 3.63) is 41.3 Å². The van der Waals surface area contributed by atoms with Crippen LogP contribution in [-0.2, 0) is 11.8 Å². The number of carbonyl (C=O) groups is 1. The molecule has 1 aliphatic rings. The second kappa shape index (κ2) is 4.63. The molecule has 1 aromatic carbocycles. The van der Waals surface area contributed by atoms with E-state index in [-0.39, 0.29) is 24.1 Å². The van der Waals surface area contributed by atoms with E-state index < -0.39 is 0 Å². The molecule has 1 amide bonds. The molecule has 20 heavy (non-hydrogen) atoms. The van der Waals surface area contributed by atoms with Gasteiger partial charge < -0.3 is 10.1 Å². The maximum Gasteiger partial charge on any atom is 0.226 e. The van der Waals surface area contributed by atoms with Gasteiger partial charge in [0.25, 0.3) is 0 Å². The van der Waals surface area contributed by atoms with Crippen LogP contribution in [0.4, 0.5) is 10.2 Å². The Hall–Kier alpha value is -2.37. The summed E-state index contributed by atoms with van der Waals surface area (Å²) in [5.41, 5.74) is 1.31. The summed E-state index contributed by atoms with van der Waals surface area (Å²) in [5, 5.41) is 6.88. The molecule has 1 unspecified atom stereocenters. The highest BCUT2D eigenvalue weighted by molar-refractivity contribution is 5.94. The van der Waals surface area contributed by atoms with Crippen LogP contribution in [0, 0.1) is 5.82 Å². The van der Waals surface area contributed by atoms with Gasteiger partial charge in [-0.2, -0.15) is 5.10 Å². The van der Waals surface area contributed by atoms with Crippen molar-refractivity contribution in [2.24, 2.45) is 7.05 Å². The average molecular weight is 275 g/mol. The molecule has 5 nitrogen and oxygen atoms in total. The largest absolute Gasteiger partial charge is 0.497 e. The third-order valence-corrected chi connectivity index (χ3v) is 3.46. The fourth-order valence-electron chi connectivity index (χ4n) is 2.53. The van der Waals surface area contributed by atoms with E-state index in [1.165, 1.54) is 13.2 Å². The van der Waals surface area contributed by atoms with Crippen molar-refractivity contribution in [2.75, 3.05) is 12.4 Å². The zero-order valence-electron chi connectivity index (χ0n) is 11.2. The van der Waals surface area contributed by atoms with Gasteiger partial charge in [-0.05, 0) is 11.6 Å². The van der Waals surface area contributed by atoms with Crippen LogP contribution in [0.2, 0.25) is 0 Å². The van der Waals surface area contributed by atoms with E-state index in [1.54, 1.807) is 23.9 Å². The van der Waals surface area contributed by atoms with Gasteiger partial charge in [-0.3, -0.25) is 9.48 Å². The molecule has 1 aromatic heterocycles. The van der Waals surface area contributed by atoms with E-state index in [0.29, 0.717) is 17.1 Å². The van der Waals surface area contributed by atoms with Crippen LogP contribution < -0.4 is 10.1 Å². The lowest BCUT2D eigenvalue weighted by molar-refractivity contribution is -0.116. The first-order chi connectivity index (χ1) is 9.58. The van der Waals surface area contributed by atoms with Gasteiger partial charge in [-0.15, -0.1) is 0 Å². The van der Waals surface area contributed by atoms with E-state index in [4.69, 9.17) is 4.74 Å². The maximum absolute atomic E-state index is 14.2. The molecular weight excluding hydrogens is 261 g/mol. The van der Waals surface area contributed by atoms with Crippen LogP contribution in [0.5, 0.6) is 5.75 Å². The first-order valence-corrected chi connectivity index (χ1v) is 6.25. The fraction of sp³-hybridized carbons (Fsp3) is 0.286. The smallest absolute Gasteiger partial charge is 0.226 e. The zero-order chi connectivity index (χ0) is 14.3. The molecule has 0 radical (unpaired) electrons. The van der Waals surface area contributed by atoms with Gasteiger partial charge >= 0.3 is 0 Å². The number of anilines is 1. The second-order valence-corrected chi connectivity index (χ2v) is 4.80. The number of benzene rings is 1. The molecule has 104 valence electrons. The molecule has 0 spiro atoms. The molecule has 3 rings (SSSR count). The topological polar surface area (TPSA) is 56.1 Å². The number of nitrogens with one attached hydrogen (secondary N) is 1. The van der Waals surface area contributed by atoms with Gasteiger partial charge in [0.15, 0.2) is 5.82 Å². The number of rotatable bonds is 2. The van der Waals surface area contributed by atoms with Gasteiger partial charge in [0, 0.05) is 37.2 Å². The summed E-state index contributed by atoms with van der Waals surface area (Å²) in [5.74, 6) is 0.107. The highest BCUT2D eigenvalue weighted by Gasteiger charge is 2.30. The summed E-state index contributed by atoms with van der Waals surface area (Å²) in [6, 6.07) is 4.69. The highest BCUT2D eigenvalue weighted by Crippen LogP contribution is 2.37. The van der Waals surface area contributed by atoms with E-state index in [1.807, 2.05) is 6.20 Å². The van der Waals surface area contributed by atoms with Crippen molar-refractivity contribution in [3.8, 4) is 5.75 Å². The van der Waals surface area contributed by atoms with Crippen molar-refractivity contribution in [1.82, 2.24) is 9.78 Å². The van der Waals surface area contributed by atoms with Crippen molar-refractivity contribution >= 4 is 11.7 Å². The molecule has 0 saturated carbocycles. The predicted octanol–water partition coefficient (Wildman–Crippen LogP) is 2.04.